The predicted molar refractivity (Wildman–Crippen MR) is 74.4 cm³/mol. The fraction of sp³-hybridized carbons (Fsp3) is 0.533. The molecule has 0 aliphatic heterocycles. The van der Waals surface area contributed by atoms with E-state index in [-0.39, 0.29) is 6.03 Å². The number of urea groups is 1. The molecule has 2 aliphatic carbocycles. The molecule has 2 bridgehead atoms. The summed E-state index contributed by atoms with van der Waals surface area (Å²) < 4.78 is 5.22. The molecule has 2 fully saturated rings. The summed E-state index contributed by atoms with van der Waals surface area (Å²) >= 11 is 0. The largest absolute Gasteiger partial charge is 0.495 e. The third-order valence-corrected chi connectivity index (χ3v) is 4.41. The van der Waals surface area contributed by atoms with Crippen molar-refractivity contribution in [2.24, 2.45) is 11.8 Å². The number of carbonyl (C=O) groups is 1. The molecule has 1 aromatic carbocycles. The molecule has 0 radical (unpaired) electrons. The van der Waals surface area contributed by atoms with Gasteiger partial charge in [0, 0.05) is 6.04 Å². The Morgan fingerprint density at radius 3 is 2.79 bits per heavy atom. The lowest BCUT2D eigenvalue weighted by Crippen LogP contribution is -2.41. The van der Waals surface area contributed by atoms with Crippen molar-refractivity contribution in [1.29, 1.82) is 0 Å². The standard InChI is InChI=1S/C15H20N2O2/c1-19-14-5-3-2-4-12(14)16-15(18)17-13-9-10-6-7-11(13)8-10/h2-5,10-11,13H,6-9H2,1H3,(H2,16,17,18)/t10-,11+,13-/m0/s1. The summed E-state index contributed by atoms with van der Waals surface area (Å²) in [5, 5.41) is 5.98. The molecular formula is C15H20N2O2. The Hall–Kier alpha value is -1.71. The Morgan fingerprint density at radius 1 is 1.26 bits per heavy atom. The Kier molecular flexibility index (Phi) is 3.32. The monoisotopic (exact) mass is 260 g/mol. The number of ether oxygens (including phenoxy) is 1. The van der Waals surface area contributed by atoms with Gasteiger partial charge in [0.15, 0.2) is 0 Å². The number of hydrogen-bond donors (Lipinski definition) is 2. The van der Waals surface area contributed by atoms with Crippen molar-refractivity contribution in [3.8, 4) is 5.75 Å². The van der Waals surface area contributed by atoms with Gasteiger partial charge in [-0.05, 0) is 43.2 Å². The summed E-state index contributed by atoms with van der Waals surface area (Å²) in [6.07, 6.45) is 5.05. The number of carbonyl (C=O) groups excluding carboxylic acids is 1. The number of benzene rings is 1. The quantitative estimate of drug-likeness (QED) is 0.877. The van der Waals surface area contributed by atoms with Gasteiger partial charge in [0.2, 0.25) is 0 Å². The molecule has 0 unspecified atom stereocenters. The van der Waals surface area contributed by atoms with Crippen molar-refractivity contribution >= 4 is 11.7 Å². The van der Waals surface area contributed by atoms with Crippen molar-refractivity contribution in [2.45, 2.75) is 31.7 Å². The first-order chi connectivity index (χ1) is 9.26. The van der Waals surface area contributed by atoms with Crippen molar-refractivity contribution in [1.82, 2.24) is 5.32 Å². The van der Waals surface area contributed by atoms with Crippen LogP contribution in [0.25, 0.3) is 0 Å². The molecule has 0 aromatic heterocycles. The normalized spacial score (nSPS) is 28.2. The van der Waals surface area contributed by atoms with Gasteiger partial charge < -0.3 is 15.4 Å². The molecule has 3 atom stereocenters. The third-order valence-electron chi connectivity index (χ3n) is 4.41. The van der Waals surface area contributed by atoms with Gasteiger partial charge in [-0.15, -0.1) is 0 Å². The molecule has 4 heteroatoms. The number of methoxy groups -OCH3 is 1. The highest BCUT2D eigenvalue weighted by Gasteiger charge is 2.40. The first-order valence-corrected chi connectivity index (χ1v) is 6.97. The maximum Gasteiger partial charge on any atom is 0.319 e. The molecule has 0 spiro atoms. The number of fused-ring (bicyclic) bond motifs is 2. The third kappa shape index (κ3) is 2.53. The molecule has 102 valence electrons. The summed E-state index contributed by atoms with van der Waals surface area (Å²) in [6.45, 7) is 0. The molecule has 0 heterocycles. The van der Waals surface area contributed by atoms with E-state index < -0.39 is 0 Å². The molecule has 4 nitrogen and oxygen atoms in total. The summed E-state index contributed by atoms with van der Waals surface area (Å²) in [4.78, 5) is 12.0. The van der Waals surface area contributed by atoms with Crippen LogP contribution in [0.5, 0.6) is 5.75 Å². The molecule has 19 heavy (non-hydrogen) atoms. The van der Waals surface area contributed by atoms with Crippen LogP contribution in [0, 0.1) is 11.8 Å². The Bertz CT molecular complexity index is 475. The van der Waals surface area contributed by atoms with Crippen LogP contribution < -0.4 is 15.4 Å². The lowest BCUT2D eigenvalue weighted by molar-refractivity contribution is 0.242. The van der Waals surface area contributed by atoms with Gasteiger partial charge in [-0.3, -0.25) is 0 Å². The van der Waals surface area contributed by atoms with E-state index in [4.69, 9.17) is 4.74 Å². The topological polar surface area (TPSA) is 50.4 Å². The van der Waals surface area contributed by atoms with Crippen LogP contribution in [0.2, 0.25) is 0 Å². The molecule has 2 N–H and O–H groups in total. The van der Waals surface area contributed by atoms with Crippen LogP contribution in [0.4, 0.5) is 10.5 Å². The van der Waals surface area contributed by atoms with E-state index in [2.05, 4.69) is 10.6 Å². The average molecular weight is 260 g/mol. The number of amides is 2. The van der Waals surface area contributed by atoms with Gasteiger partial charge in [0.05, 0.1) is 12.8 Å². The van der Waals surface area contributed by atoms with Crippen molar-refractivity contribution in [3.63, 3.8) is 0 Å². The molecule has 0 saturated heterocycles. The fourth-order valence-electron chi connectivity index (χ4n) is 3.50. The molecule has 2 amide bonds. The highest BCUT2D eigenvalue weighted by Crippen LogP contribution is 2.44. The van der Waals surface area contributed by atoms with Gasteiger partial charge in [0.25, 0.3) is 0 Å². The minimum atomic E-state index is -0.123. The van der Waals surface area contributed by atoms with Crippen LogP contribution in [-0.2, 0) is 0 Å². The van der Waals surface area contributed by atoms with E-state index in [9.17, 15) is 4.79 Å². The zero-order chi connectivity index (χ0) is 13.2. The molecule has 1 aromatic rings. The fourth-order valence-corrected chi connectivity index (χ4v) is 3.50. The summed E-state index contributed by atoms with van der Waals surface area (Å²) in [5.74, 6) is 2.21. The Labute approximate surface area is 113 Å². The average Bonchev–Trinajstić information content (AvgIpc) is 3.01. The van der Waals surface area contributed by atoms with Gasteiger partial charge in [-0.2, -0.15) is 0 Å². The van der Waals surface area contributed by atoms with E-state index in [0.717, 1.165) is 12.3 Å². The van der Waals surface area contributed by atoms with Gasteiger partial charge >= 0.3 is 6.03 Å². The summed E-state index contributed by atoms with van der Waals surface area (Å²) in [6, 6.07) is 7.69. The first-order valence-electron chi connectivity index (χ1n) is 6.97. The van der Waals surface area contributed by atoms with Crippen LogP contribution in [0.1, 0.15) is 25.7 Å². The maximum absolute atomic E-state index is 12.0. The minimum absolute atomic E-state index is 0.123. The number of nitrogens with one attached hydrogen (secondary N) is 2. The Balaban J connectivity index is 1.59. The first kappa shape index (κ1) is 12.3. The second kappa shape index (κ2) is 5.11. The second-order valence-electron chi connectivity index (χ2n) is 5.58. The van der Waals surface area contributed by atoms with Crippen molar-refractivity contribution < 1.29 is 9.53 Å². The highest BCUT2D eigenvalue weighted by atomic mass is 16.5. The number of para-hydroxylation sites is 2. The zero-order valence-corrected chi connectivity index (χ0v) is 11.2. The van der Waals surface area contributed by atoms with Crippen molar-refractivity contribution in [3.05, 3.63) is 24.3 Å². The maximum atomic E-state index is 12.0. The molecular weight excluding hydrogens is 240 g/mol. The van der Waals surface area contributed by atoms with Crippen LogP contribution in [-0.4, -0.2) is 19.2 Å². The van der Waals surface area contributed by atoms with E-state index in [1.165, 1.54) is 19.3 Å². The zero-order valence-electron chi connectivity index (χ0n) is 11.2. The van der Waals surface area contributed by atoms with Gasteiger partial charge in [0.1, 0.15) is 5.75 Å². The van der Waals surface area contributed by atoms with E-state index in [1.54, 1.807) is 7.11 Å². The van der Waals surface area contributed by atoms with Crippen LogP contribution >= 0.6 is 0 Å². The number of rotatable bonds is 3. The SMILES string of the molecule is COc1ccccc1NC(=O)N[C@H]1C[C@H]2CC[C@@H]1C2. The number of anilines is 1. The van der Waals surface area contributed by atoms with E-state index in [0.29, 0.717) is 23.4 Å². The number of hydrogen-bond acceptors (Lipinski definition) is 2. The van der Waals surface area contributed by atoms with E-state index in [1.807, 2.05) is 24.3 Å². The van der Waals surface area contributed by atoms with E-state index >= 15 is 0 Å². The van der Waals surface area contributed by atoms with Gasteiger partial charge in [-0.1, -0.05) is 18.6 Å². The van der Waals surface area contributed by atoms with Crippen LogP contribution in [0.15, 0.2) is 24.3 Å². The van der Waals surface area contributed by atoms with Crippen LogP contribution in [0.3, 0.4) is 0 Å². The summed E-state index contributed by atoms with van der Waals surface area (Å²) in [5.41, 5.74) is 0.714. The van der Waals surface area contributed by atoms with Gasteiger partial charge in [-0.25, -0.2) is 4.79 Å². The molecule has 2 aliphatic rings. The smallest absolute Gasteiger partial charge is 0.319 e. The molecule has 3 rings (SSSR count). The van der Waals surface area contributed by atoms with Crippen molar-refractivity contribution in [2.75, 3.05) is 12.4 Å². The minimum Gasteiger partial charge on any atom is -0.495 e. The predicted octanol–water partition coefficient (Wildman–Crippen LogP) is 3.01. The lowest BCUT2D eigenvalue weighted by Gasteiger charge is -2.23. The summed E-state index contributed by atoms with van der Waals surface area (Å²) in [7, 11) is 1.61. The lowest BCUT2D eigenvalue weighted by atomic mass is 9.95. The second-order valence-corrected chi connectivity index (χ2v) is 5.58. The Morgan fingerprint density at radius 2 is 2.11 bits per heavy atom. The highest BCUT2D eigenvalue weighted by molar-refractivity contribution is 5.91. The molecule has 2 saturated carbocycles.